The van der Waals surface area contributed by atoms with Crippen molar-refractivity contribution < 1.29 is 75.0 Å². The van der Waals surface area contributed by atoms with Crippen LogP contribution in [0.4, 0.5) is 75.9 Å². The molecule has 0 aromatic heterocycles. The maximum atomic E-state index is 14.1. The van der Waals surface area contributed by atoms with Crippen molar-refractivity contribution in [3.8, 4) is 0 Å². The third-order valence-electron chi connectivity index (χ3n) is 5.31. The Balaban J connectivity index is 2.28. The number of carbonyl (C=O) groups is 1. The third-order valence-corrected chi connectivity index (χ3v) is 5.31. The highest BCUT2D eigenvalue weighted by Gasteiger charge is 2.91. The van der Waals surface area contributed by atoms with Crippen LogP contribution in [-0.2, 0) is 11.0 Å². The van der Waals surface area contributed by atoms with Crippen molar-refractivity contribution in [1.82, 2.24) is 4.90 Å². The summed E-state index contributed by atoms with van der Waals surface area (Å²) in [6.07, 6.45) is -12.4. The van der Waals surface area contributed by atoms with Gasteiger partial charge in [0.1, 0.15) is 0 Å². The number of piperazine rings is 1. The van der Waals surface area contributed by atoms with Crippen molar-refractivity contribution in [3.63, 3.8) is 0 Å². The van der Waals surface area contributed by atoms with E-state index in [4.69, 9.17) is 0 Å². The van der Waals surface area contributed by atoms with Gasteiger partial charge in [0.05, 0.1) is 5.56 Å². The SMILES string of the molecule is O=C(N1CCN(c2cccc(C(F)(F)F)c2)CC1)C(F)(F)C(F)(F)C(F)(F)C(F)(F)C(F)(F)C(F)(F)F. The molecule has 0 N–H and O–H groups in total. The van der Waals surface area contributed by atoms with Crippen molar-refractivity contribution in [3.05, 3.63) is 29.8 Å². The van der Waals surface area contributed by atoms with Gasteiger partial charge in [-0.3, -0.25) is 4.79 Å². The predicted molar refractivity (Wildman–Crippen MR) is 91.0 cm³/mol. The molecule has 1 aromatic rings. The summed E-state index contributed by atoms with van der Waals surface area (Å²) in [5, 5.41) is 0. The van der Waals surface area contributed by atoms with Crippen molar-refractivity contribution in [2.45, 2.75) is 42.0 Å². The van der Waals surface area contributed by atoms with Gasteiger partial charge in [-0.15, -0.1) is 0 Å². The molecule has 0 aliphatic carbocycles. The smallest absolute Gasteiger partial charge is 0.368 e. The van der Waals surface area contributed by atoms with Crippen LogP contribution in [0.15, 0.2) is 24.3 Å². The fourth-order valence-corrected chi connectivity index (χ4v) is 3.15. The molecule has 1 saturated heterocycles. The van der Waals surface area contributed by atoms with Crippen molar-refractivity contribution in [2.75, 3.05) is 31.1 Å². The number of anilines is 1. The summed E-state index contributed by atoms with van der Waals surface area (Å²) in [7, 11) is 0. The molecule has 1 fully saturated rings. The van der Waals surface area contributed by atoms with Crippen LogP contribution in [0.25, 0.3) is 0 Å². The Morgan fingerprint density at radius 2 is 1.08 bits per heavy atom. The minimum atomic E-state index is -8.13. The zero-order chi connectivity index (χ0) is 29.0. The number of carbonyl (C=O) groups excluding carboxylic acids is 1. The lowest BCUT2D eigenvalue weighted by molar-refractivity contribution is -0.436. The van der Waals surface area contributed by atoms with E-state index in [0.29, 0.717) is 12.1 Å². The maximum Gasteiger partial charge on any atom is 0.460 e. The second-order valence-electron chi connectivity index (χ2n) is 7.70. The molecule has 0 unspecified atom stereocenters. The van der Waals surface area contributed by atoms with Gasteiger partial charge in [0, 0.05) is 31.9 Å². The molecule has 37 heavy (non-hydrogen) atoms. The monoisotopic (exact) mass is 576 g/mol. The van der Waals surface area contributed by atoms with E-state index in [2.05, 4.69) is 0 Å². The van der Waals surface area contributed by atoms with Crippen LogP contribution in [0.2, 0.25) is 0 Å². The number of alkyl halides is 16. The van der Waals surface area contributed by atoms with Gasteiger partial charge in [0.15, 0.2) is 0 Å². The van der Waals surface area contributed by atoms with Gasteiger partial charge in [0.2, 0.25) is 0 Å². The van der Waals surface area contributed by atoms with Gasteiger partial charge >= 0.3 is 42.0 Å². The highest BCUT2D eigenvalue weighted by atomic mass is 19.4. The molecule has 19 heteroatoms. The highest BCUT2D eigenvalue weighted by molar-refractivity contribution is 5.85. The number of benzene rings is 1. The molecule has 0 spiro atoms. The molecular formula is C18H12F16N2O. The molecular weight excluding hydrogens is 564 g/mol. The van der Waals surface area contributed by atoms with Crippen LogP contribution in [0, 0.1) is 0 Å². The van der Waals surface area contributed by atoms with Gasteiger partial charge in [-0.25, -0.2) is 0 Å². The quantitative estimate of drug-likeness (QED) is 0.383. The second-order valence-corrected chi connectivity index (χ2v) is 7.70. The van der Waals surface area contributed by atoms with Crippen molar-refractivity contribution in [2.24, 2.45) is 0 Å². The van der Waals surface area contributed by atoms with Gasteiger partial charge in [-0.2, -0.15) is 70.2 Å². The largest absolute Gasteiger partial charge is 0.460 e. The minimum Gasteiger partial charge on any atom is -0.368 e. The van der Waals surface area contributed by atoms with E-state index in [1.165, 1.54) is 0 Å². The van der Waals surface area contributed by atoms with E-state index < -0.39 is 79.6 Å². The number of hydrogen-bond donors (Lipinski definition) is 0. The fraction of sp³-hybridized carbons (Fsp3) is 0.611. The summed E-state index contributed by atoms with van der Waals surface area (Å²) in [5.74, 6) is -42.1. The number of amides is 1. The Morgan fingerprint density at radius 3 is 1.51 bits per heavy atom. The molecule has 0 saturated carbocycles. The summed E-state index contributed by atoms with van der Waals surface area (Å²) in [6.45, 7) is -3.51. The van der Waals surface area contributed by atoms with E-state index in [1.807, 2.05) is 0 Å². The molecule has 0 atom stereocenters. The molecule has 1 aromatic carbocycles. The van der Waals surface area contributed by atoms with Crippen molar-refractivity contribution >= 4 is 11.6 Å². The van der Waals surface area contributed by atoms with Crippen LogP contribution in [0.1, 0.15) is 5.56 Å². The maximum absolute atomic E-state index is 14.1. The van der Waals surface area contributed by atoms with E-state index in [1.54, 1.807) is 0 Å². The Labute approximate surface area is 195 Å². The van der Waals surface area contributed by atoms with Gasteiger partial charge in [0.25, 0.3) is 5.91 Å². The van der Waals surface area contributed by atoms with Gasteiger partial charge in [-0.05, 0) is 18.2 Å². The summed E-state index contributed by atoms with van der Waals surface area (Å²) in [6, 6.07) is 3.27. The molecule has 0 bridgehead atoms. The topological polar surface area (TPSA) is 23.6 Å². The lowest BCUT2D eigenvalue weighted by Gasteiger charge is -2.41. The van der Waals surface area contributed by atoms with Crippen LogP contribution in [-0.4, -0.2) is 72.8 Å². The number of hydrogen-bond acceptors (Lipinski definition) is 2. The normalized spacial score (nSPS) is 17.3. The summed E-state index contributed by atoms with van der Waals surface area (Å²) >= 11 is 0. The zero-order valence-corrected chi connectivity index (χ0v) is 17.5. The summed E-state index contributed by atoms with van der Waals surface area (Å²) in [4.78, 5) is 12.6. The predicted octanol–water partition coefficient (Wildman–Crippen LogP) is 6.09. The molecule has 1 aliphatic rings. The first-order valence-corrected chi connectivity index (χ1v) is 9.51. The number of rotatable bonds is 6. The number of halogens is 16. The summed E-state index contributed by atoms with van der Waals surface area (Å²) < 4.78 is 210. The van der Waals surface area contributed by atoms with Crippen LogP contribution in [0.3, 0.4) is 0 Å². The average molecular weight is 576 g/mol. The molecule has 1 heterocycles. The second kappa shape index (κ2) is 8.99. The first-order chi connectivity index (χ1) is 16.3. The summed E-state index contributed by atoms with van der Waals surface area (Å²) in [5.41, 5.74) is -1.35. The lowest BCUT2D eigenvalue weighted by Crippen LogP contribution is -2.72. The molecule has 0 radical (unpaired) electrons. The first kappa shape index (κ1) is 30.6. The zero-order valence-electron chi connectivity index (χ0n) is 17.5. The van der Waals surface area contributed by atoms with E-state index in [9.17, 15) is 75.0 Å². The third kappa shape index (κ3) is 4.84. The van der Waals surface area contributed by atoms with E-state index in [-0.39, 0.29) is 10.6 Å². The van der Waals surface area contributed by atoms with Gasteiger partial charge in [-0.1, -0.05) is 6.07 Å². The molecule has 1 amide bonds. The van der Waals surface area contributed by atoms with Crippen LogP contribution in [0.5, 0.6) is 0 Å². The van der Waals surface area contributed by atoms with Crippen LogP contribution >= 0.6 is 0 Å². The highest BCUT2D eigenvalue weighted by Crippen LogP contribution is 2.60. The number of nitrogens with zero attached hydrogens (tertiary/aromatic N) is 2. The molecule has 212 valence electrons. The van der Waals surface area contributed by atoms with Crippen molar-refractivity contribution in [1.29, 1.82) is 0 Å². The van der Waals surface area contributed by atoms with Gasteiger partial charge < -0.3 is 9.80 Å². The van der Waals surface area contributed by atoms with Crippen LogP contribution < -0.4 is 4.90 Å². The Bertz CT molecular complexity index is 992. The molecule has 2 rings (SSSR count). The van der Waals surface area contributed by atoms with E-state index in [0.717, 1.165) is 17.0 Å². The first-order valence-electron chi connectivity index (χ1n) is 9.51. The lowest BCUT2D eigenvalue weighted by atomic mass is 9.93. The Hall–Kier alpha value is -2.63. The fourth-order valence-electron chi connectivity index (χ4n) is 3.15. The average Bonchev–Trinajstić information content (AvgIpc) is 2.76. The molecule has 3 nitrogen and oxygen atoms in total. The Morgan fingerprint density at radius 1 is 0.622 bits per heavy atom. The standard InChI is InChI=1S/C18H12F16N2O/c19-12(20,14(24,25)15(26,27)16(28,29)17(30,31)18(32,33)34)11(37)36-6-4-35(5-7-36)10-3-1-2-9(8-10)13(21,22)23/h1-3,8H,4-7H2. The van der Waals surface area contributed by atoms with E-state index >= 15 is 0 Å². The minimum absolute atomic E-state index is 0.195. The Kier molecular flexibility index (Phi) is 7.43. The molecule has 1 aliphatic heterocycles.